The largest absolute Gasteiger partial charge is 0.463 e. The minimum absolute atomic E-state index is 0.150. The average Bonchev–Trinajstić information content (AvgIpc) is 3.57. The zero-order valence-corrected chi connectivity index (χ0v) is 36.2. The van der Waals surface area contributed by atoms with E-state index in [1.54, 1.807) is 20.8 Å². The summed E-state index contributed by atoms with van der Waals surface area (Å²) in [6.07, 6.45) is -4.61. The minimum atomic E-state index is -1.99. The zero-order valence-electron chi connectivity index (χ0n) is 33.1. The van der Waals surface area contributed by atoms with Crippen LogP contribution in [-0.2, 0) is 47.6 Å². The number of carbonyl (C=O) groups is 5. The fraction of sp³-hybridized carbons (Fsp3) is 0.639. The van der Waals surface area contributed by atoms with E-state index in [0.717, 1.165) is 31.6 Å². The smallest absolute Gasteiger partial charge is 0.410 e. The van der Waals surface area contributed by atoms with Crippen molar-refractivity contribution in [2.45, 2.75) is 124 Å². The number of carbonyl (C=O) groups excluding carboxylic acids is 5. The number of benzene rings is 1. The van der Waals surface area contributed by atoms with E-state index in [2.05, 4.69) is 10.3 Å². The molecule has 59 heavy (non-hydrogen) atoms. The van der Waals surface area contributed by atoms with Gasteiger partial charge in [0.05, 0.1) is 11.8 Å². The predicted molar refractivity (Wildman–Crippen MR) is 205 cm³/mol. The third-order valence-electron chi connectivity index (χ3n) is 9.06. The molecule has 16 nitrogen and oxygen atoms in total. The van der Waals surface area contributed by atoms with Crippen molar-refractivity contribution >= 4 is 76.5 Å². The third kappa shape index (κ3) is 12.1. The second-order valence-electron chi connectivity index (χ2n) is 15.3. The molecule has 23 heteroatoms. The van der Waals surface area contributed by atoms with Crippen molar-refractivity contribution in [1.29, 1.82) is 0 Å². The van der Waals surface area contributed by atoms with Crippen LogP contribution in [0.2, 0.25) is 0 Å². The van der Waals surface area contributed by atoms with E-state index in [1.807, 2.05) is 0 Å². The monoisotopic (exact) mass is 918 g/mol. The van der Waals surface area contributed by atoms with Gasteiger partial charge in [-0.1, -0.05) is 40.0 Å². The average molecular weight is 920 g/mol. The first-order chi connectivity index (χ1) is 27.1. The number of esters is 4. The molecule has 3 heterocycles. The van der Waals surface area contributed by atoms with Gasteiger partial charge in [0.1, 0.15) is 40.7 Å². The maximum atomic E-state index is 14.2. The van der Waals surface area contributed by atoms with Crippen molar-refractivity contribution in [1.82, 2.24) is 19.9 Å². The first kappa shape index (κ1) is 48.1. The van der Waals surface area contributed by atoms with Crippen molar-refractivity contribution in [3.8, 4) is 11.3 Å². The van der Waals surface area contributed by atoms with E-state index >= 15 is 0 Å². The number of aliphatic hydroxyl groups is 1. The molecule has 2 aliphatic rings. The molecule has 0 aliphatic carbocycles. The van der Waals surface area contributed by atoms with Crippen LogP contribution >= 0.6 is 46.6 Å². The highest BCUT2D eigenvalue weighted by Crippen LogP contribution is 2.45. The number of nitrogens with zero attached hydrogens (tertiary/aromatic N) is 4. The Bertz CT molecular complexity index is 1880. The summed E-state index contributed by atoms with van der Waals surface area (Å²) in [7, 11) is 0. The van der Waals surface area contributed by atoms with Gasteiger partial charge in [-0.3, -0.25) is 19.2 Å². The van der Waals surface area contributed by atoms with Gasteiger partial charge in [-0.15, -0.1) is 16.9 Å². The van der Waals surface area contributed by atoms with Crippen molar-refractivity contribution in [2.75, 3.05) is 19.7 Å². The highest BCUT2D eigenvalue weighted by Gasteiger charge is 2.56. The van der Waals surface area contributed by atoms with E-state index < -0.39 is 110 Å². The van der Waals surface area contributed by atoms with Crippen LogP contribution in [0, 0.1) is 17.5 Å². The Hall–Kier alpha value is -3.56. The van der Waals surface area contributed by atoms with Crippen molar-refractivity contribution in [3.63, 3.8) is 0 Å². The highest BCUT2D eigenvalue weighted by molar-refractivity contribution is 8.01. The van der Waals surface area contributed by atoms with Gasteiger partial charge in [0, 0.05) is 39.4 Å². The molecule has 1 aromatic heterocycles. The first-order valence-corrected chi connectivity index (χ1v) is 20.1. The van der Waals surface area contributed by atoms with Crippen LogP contribution in [0.5, 0.6) is 0 Å². The molecular weight excluding hydrogens is 876 g/mol. The number of hydrogen-bond acceptors (Lipinski definition) is 15. The molecule has 1 unspecified atom stereocenters. The van der Waals surface area contributed by atoms with Crippen molar-refractivity contribution in [2.24, 2.45) is 0 Å². The molecule has 0 bridgehead atoms. The Kier molecular flexibility index (Phi) is 15.2. The molecule has 1 amide bonds. The quantitative estimate of drug-likeness (QED) is 0.126. The van der Waals surface area contributed by atoms with Gasteiger partial charge in [0.2, 0.25) is 3.79 Å². The number of halogens is 6. The van der Waals surface area contributed by atoms with E-state index in [1.165, 1.54) is 18.7 Å². The van der Waals surface area contributed by atoms with Gasteiger partial charge < -0.3 is 38.4 Å². The Labute approximate surface area is 356 Å². The van der Waals surface area contributed by atoms with Crippen molar-refractivity contribution in [3.05, 3.63) is 35.8 Å². The molecule has 2 fully saturated rings. The summed E-state index contributed by atoms with van der Waals surface area (Å²) in [5.74, 6) is -8.21. The molecule has 328 valence electrons. The fourth-order valence-corrected chi connectivity index (χ4v) is 7.73. The molecule has 0 radical (unpaired) electrons. The molecule has 4 rings (SSSR count). The predicted octanol–water partition coefficient (Wildman–Crippen LogP) is 5.61. The normalized spacial score (nSPS) is 22.8. The van der Waals surface area contributed by atoms with E-state index in [9.17, 15) is 42.3 Å². The lowest BCUT2D eigenvalue weighted by Gasteiger charge is -2.47. The number of piperidine rings is 1. The molecule has 1 N–H and O–H groups in total. The number of aromatic nitrogens is 3. The second kappa shape index (κ2) is 18.6. The molecule has 0 saturated carbocycles. The highest BCUT2D eigenvalue weighted by atomic mass is 35.6. The maximum Gasteiger partial charge on any atom is 0.410 e. The van der Waals surface area contributed by atoms with Gasteiger partial charge in [-0.25, -0.2) is 22.6 Å². The third-order valence-corrected chi connectivity index (χ3v) is 12.0. The molecule has 6 atom stereocenters. The number of likely N-dealkylation sites (tertiary alicyclic amines) is 1. The van der Waals surface area contributed by atoms with Crippen LogP contribution in [0.1, 0.15) is 74.3 Å². The topological polar surface area (TPSA) is 195 Å². The number of amides is 1. The van der Waals surface area contributed by atoms with Crippen LogP contribution in [0.25, 0.3) is 11.3 Å². The number of hydrogen-bond donors (Lipinski definition) is 1. The minimum Gasteiger partial charge on any atom is -0.463 e. The summed E-state index contributed by atoms with van der Waals surface area (Å²) in [6.45, 7) is 9.93. The Morgan fingerprint density at radius 3 is 2.00 bits per heavy atom. The summed E-state index contributed by atoms with van der Waals surface area (Å²) in [5, 5.41) is 18.7. The van der Waals surface area contributed by atoms with E-state index in [0.29, 0.717) is 23.9 Å². The summed E-state index contributed by atoms with van der Waals surface area (Å²) in [6, 6.07) is -0.0895. The summed E-state index contributed by atoms with van der Waals surface area (Å²) >= 11 is 18.6. The first-order valence-electron chi connectivity index (χ1n) is 18.0. The number of ether oxygens (including phenoxy) is 6. The maximum absolute atomic E-state index is 14.2. The number of alkyl halides is 3. The van der Waals surface area contributed by atoms with Crippen molar-refractivity contribution < 1.29 is 70.7 Å². The zero-order chi connectivity index (χ0) is 44.4. The summed E-state index contributed by atoms with van der Waals surface area (Å²) in [4.78, 5) is 65.8. The lowest BCUT2D eigenvalue weighted by atomic mass is 9.87. The molecule has 2 aliphatic heterocycles. The van der Waals surface area contributed by atoms with Crippen LogP contribution < -0.4 is 0 Å². The standard InChI is InChI=1S/C36H44Cl3F3N4O12S/c1-17(47)53-16-24-27(54-18(2)48)26(46-15-23(43-44-46)20-13-21(40)25(42)22(41)14-20)28(55-19(3)49)31(56-24)59-29(30(50)57-33(4,5)6)35(52)9-11-45(12-10-35)32(51)58-34(7,8)36(37,38)39/h13-15,24,26-29,31,52H,9-12,16H2,1-8H3/t24-,26+,27+,28-,29?,31+/m1/s1. The SMILES string of the molecule is CC(=O)OC[C@H]1O[C@@H](SC(C(=O)OC(C)(C)C)C2(O)CCN(C(=O)OC(C)(C)C(Cl)(Cl)Cl)CC2)[C@H](OC(C)=O)[C@@H](n2cc(-c3cc(F)c(F)c(F)c3)nn2)[C@H]1OC(C)=O. The lowest BCUT2D eigenvalue weighted by Crippen LogP contribution is -2.60. The van der Waals surface area contributed by atoms with Gasteiger partial charge in [0.15, 0.2) is 35.3 Å². The Morgan fingerprint density at radius 2 is 1.49 bits per heavy atom. The molecule has 1 aromatic carbocycles. The van der Waals surface area contributed by atoms with Gasteiger partial charge in [-0.05, 0) is 59.6 Å². The van der Waals surface area contributed by atoms with E-state index in [4.69, 9.17) is 63.2 Å². The molecule has 2 aromatic rings. The fourth-order valence-electron chi connectivity index (χ4n) is 6.12. The Balaban J connectivity index is 1.80. The second-order valence-corrected chi connectivity index (χ2v) is 18.8. The van der Waals surface area contributed by atoms with Gasteiger partial charge in [-0.2, -0.15) is 0 Å². The molecule has 2 saturated heterocycles. The molecular formula is C36H44Cl3F3N4O12S. The van der Waals surface area contributed by atoms with Gasteiger partial charge >= 0.3 is 30.0 Å². The summed E-state index contributed by atoms with van der Waals surface area (Å²) in [5.41, 5.74) is -6.50. The molecule has 0 spiro atoms. The van der Waals surface area contributed by atoms with Gasteiger partial charge in [0.25, 0.3) is 0 Å². The van der Waals surface area contributed by atoms with Crippen LogP contribution in [0.4, 0.5) is 18.0 Å². The summed E-state index contributed by atoms with van der Waals surface area (Å²) < 4.78 is 75.6. The number of rotatable bonds is 11. The van der Waals surface area contributed by atoms with Crippen LogP contribution in [-0.4, -0.2) is 124 Å². The van der Waals surface area contributed by atoms with E-state index in [-0.39, 0.29) is 37.2 Å². The number of thioether (sulfide) groups is 1. The van der Waals surface area contributed by atoms with Crippen LogP contribution in [0.3, 0.4) is 0 Å². The Morgan fingerprint density at radius 1 is 0.932 bits per heavy atom. The van der Waals surface area contributed by atoms with Crippen LogP contribution in [0.15, 0.2) is 18.3 Å². The lowest BCUT2D eigenvalue weighted by molar-refractivity contribution is -0.212.